The van der Waals surface area contributed by atoms with Crippen LogP contribution in [0, 0.1) is 20.8 Å². The summed E-state index contributed by atoms with van der Waals surface area (Å²) < 4.78 is 0. The van der Waals surface area contributed by atoms with Crippen LogP contribution in [0.1, 0.15) is 16.7 Å². The van der Waals surface area contributed by atoms with Crippen molar-refractivity contribution in [2.75, 3.05) is 29.9 Å². The quantitative estimate of drug-likeness (QED) is 0.846. The third-order valence-electron chi connectivity index (χ3n) is 4.78. The second-order valence-electron chi connectivity index (χ2n) is 6.87. The fourth-order valence-corrected chi connectivity index (χ4v) is 2.98. The van der Waals surface area contributed by atoms with Crippen molar-refractivity contribution < 1.29 is 14.4 Å². The van der Waals surface area contributed by atoms with E-state index in [0.717, 1.165) is 16.7 Å². The van der Waals surface area contributed by atoms with Crippen LogP contribution < -0.4 is 10.2 Å². The van der Waals surface area contributed by atoms with Gasteiger partial charge in [0.1, 0.15) is 6.54 Å². The van der Waals surface area contributed by atoms with Gasteiger partial charge >= 0.3 is 11.8 Å². The van der Waals surface area contributed by atoms with Crippen molar-refractivity contribution in [1.29, 1.82) is 0 Å². The van der Waals surface area contributed by atoms with Crippen LogP contribution >= 0.6 is 0 Å². The van der Waals surface area contributed by atoms with Gasteiger partial charge in [0.25, 0.3) is 0 Å². The Balaban J connectivity index is 1.64. The first-order valence-electron chi connectivity index (χ1n) is 8.89. The second kappa shape index (κ2) is 7.61. The van der Waals surface area contributed by atoms with Gasteiger partial charge in [-0.1, -0.05) is 23.8 Å². The fourth-order valence-electron chi connectivity index (χ4n) is 2.98. The Bertz CT molecular complexity index is 890. The van der Waals surface area contributed by atoms with Crippen molar-refractivity contribution in [2.24, 2.45) is 0 Å². The predicted molar refractivity (Wildman–Crippen MR) is 105 cm³/mol. The molecule has 6 nitrogen and oxygen atoms in total. The monoisotopic (exact) mass is 365 g/mol. The first-order chi connectivity index (χ1) is 12.8. The minimum atomic E-state index is -0.654. The molecule has 6 heteroatoms. The Labute approximate surface area is 158 Å². The smallest absolute Gasteiger partial charge is 0.316 e. The topological polar surface area (TPSA) is 69.7 Å². The van der Waals surface area contributed by atoms with Gasteiger partial charge in [-0.2, -0.15) is 0 Å². The molecule has 3 rings (SSSR count). The molecule has 0 atom stereocenters. The summed E-state index contributed by atoms with van der Waals surface area (Å²) >= 11 is 0. The average Bonchev–Trinajstić information content (AvgIpc) is 2.64. The van der Waals surface area contributed by atoms with Gasteiger partial charge in [-0.25, -0.2) is 0 Å². The zero-order valence-corrected chi connectivity index (χ0v) is 15.8. The predicted octanol–water partition coefficient (Wildman–Crippen LogP) is 2.43. The number of nitrogens with one attached hydrogen (secondary N) is 1. The van der Waals surface area contributed by atoms with Crippen LogP contribution in [0.4, 0.5) is 11.4 Å². The van der Waals surface area contributed by atoms with Gasteiger partial charge in [-0.3, -0.25) is 14.4 Å². The summed E-state index contributed by atoms with van der Waals surface area (Å²) in [7, 11) is 0. The molecule has 140 valence electrons. The summed E-state index contributed by atoms with van der Waals surface area (Å²) in [6.45, 7) is 6.47. The van der Waals surface area contributed by atoms with Crippen molar-refractivity contribution in [1.82, 2.24) is 4.90 Å². The SMILES string of the molecule is Cc1ccc(NC(=O)CN2CCN(c3ccc(C)c(C)c3)C(=O)C2=O)cc1. The lowest BCUT2D eigenvalue weighted by Crippen LogP contribution is -2.56. The van der Waals surface area contributed by atoms with Gasteiger partial charge in [0.05, 0.1) is 0 Å². The molecule has 3 amide bonds. The largest absolute Gasteiger partial charge is 0.325 e. The lowest BCUT2D eigenvalue weighted by Gasteiger charge is -2.33. The minimum absolute atomic E-state index is 0.140. The van der Waals surface area contributed by atoms with E-state index in [1.807, 2.05) is 51.1 Å². The lowest BCUT2D eigenvalue weighted by molar-refractivity contribution is -0.147. The molecule has 1 N–H and O–H groups in total. The molecule has 0 aromatic heterocycles. The lowest BCUT2D eigenvalue weighted by atomic mass is 10.1. The first kappa shape index (κ1) is 18.6. The number of carbonyl (C=O) groups is 3. The maximum absolute atomic E-state index is 12.5. The van der Waals surface area contributed by atoms with Crippen LogP contribution in [0.25, 0.3) is 0 Å². The van der Waals surface area contributed by atoms with Gasteiger partial charge < -0.3 is 15.1 Å². The number of nitrogens with zero attached hydrogens (tertiary/aromatic N) is 2. The van der Waals surface area contributed by atoms with Gasteiger partial charge in [0.2, 0.25) is 5.91 Å². The molecular formula is C21H23N3O3. The van der Waals surface area contributed by atoms with Crippen molar-refractivity contribution in [2.45, 2.75) is 20.8 Å². The Hall–Kier alpha value is -3.15. The third kappa shape index (κ3) is 4.16. The van der Waals surface area contributed by atoms with Crippen LogP contribution in [-0.2, 0) is 14.4 Å². The highest BCUT2D eigenvalue weighted by molar-refractivity contribution is 6.41. The van der Waals surface area contributed by atoms with Crippen LogP contribution in [0.15, 0.2) is 42.5 Å². The molecule has 0 unspecified atom stereocenters. The highest BCUT2D eigenvalue weighted by atomic mass is 16.2. The zero-order valence-electron chi connectivity index (χ0n) is 15.8. The van der Waals surface area contributed by atoms with E-state index in [1.165, 1.54) is 9.80 Å². The maximum Gasteiger partial charge on any atom is 0.316 e. The number of hydrogen-bond acceptors (Lipinski definition) is 3. The van der Waals surface area contributed by atoms with Crippen LogP contribution in [-0.4, -0.2) is 42.3 Å². The van der Waals surface area contributed by atoms with E-state index in [4.69, 9.17) is 0 Å². The van der Waals surface area contributed by atoms with Crippen molar-refractivity contribution in [3.8, 4) is 0 Å². The molecule has 1 aliphatic rings. The highest BCUT2D eigenvalue weighted by Crippen LogP contribution is 2.21. The number of amides is 3. The number of anilines is 2. The Morgan fingerprint density at radius 2 is 1.63 bits per heavy atom. The average molecular weight is 365 g/mol. The number of carbonyl (C=O) groups excluding carboxylic acids is 3. The van der Waals surface area contributed by atoms with Crippen LogP contribution in [0.2, 0.25) is 0 Å². The second-order valence-corrected chi connectivity index (χ2v) is 6.87. The number of aryl methyl sites for hydroxylation is 3. The van der Waals surface area contributed by atoms with E-state index in [0.29, 0.717) is 24.5 Å². The van der Waals surface area contributed by atoms with Gasteiger partial charge in [-0.15, -0.1) is 0 Å². The van der Waals surface area contributed by atoms with Crippen molar-refractivity contribution in [3.05, 3.63) is 59.2 Å². The van der Waals surface area contributed by atoms with E-state index >= 15 is 0 Å². The first-order valence-corrected chi connectivity index (χ1v) is 8.89. The minimum Gasteiger partial charge on any atom is -0.325 e. The molecule has 1 heterocycles. The normalized spacial score (nSPS) is 14.5. The highest BCUT2D eigenvalue weighted by Gasteiger charge is 2.34. The molecule has 0 radical (unpaired) electrons. The van der Waals surface area contributed by atoms with Crippen LogP contribution in [0.3, 0.4) is 0 Å². The molecular weight excluding hydrogens is 342 g/mol. The molecule has 2 aromatic carbocycles. The molecule has 2 aromatic rings. The van der Waals surface area contributed by atoms with E-state index < -0.39 is 11.8 Å². The van der Waals surface area contributed by atoms with E-state index in [1.54, 1.807) is 12.1 Å². The summed E-state index contributed by atoms with van der Waals surface area (Å²) in [4.78, 5) is 40.0. The number of piperazine rings is 1. The van der Waals surface area contributed by atoms with E-state index in [-0.39, 0.29) is 12.5 Å². The molecule has 1 saturated heterocycles. The maximum atomic E-state index is 12.5. The Morgan fingerprint density at radius 1 is 0.926 bits per heavy atom. The van der Waals surface area contributed by atoms with Crippen LogP contribution in [0.5, 0.6) is 0 Å². The van der Waals surface area contributed by atoms with Gasteiger partial charge in [0.15, 0.2) is 0 Å². The summed E-state index contributed by atoms with van der Waals surface area (Å²) in [5.41, 5.74) is 4.66. The summed E-state index contributed by atoms with van der Waals surface area (Å²) in [6, 6.07) is 13.1. The van der Waals surface area contributed by atoms with Crippen molar-refractivity contribution >= 4 is 29.1 Å². The third-order valence-corrected chi connectivity index (χ3v) is 4.78. The van der Waals surface area contributed by atoms with E-state index in [2.05, 4.69) is 5.32 Å². The number of hydrogen-bond donors (Lipinski definition) is 1. The Morgan fingerprint density at radius 3 is 2.30 bits per heavy atom. The molecule has 0 bridgehead atoms. The summed E-state index contributed by atoms with van der Waals surface area (Å²) in [6.07, 6.45) is 0. The molecule has 0 saturated carbocycles. The van der Waals surface area contributed by atoms with E-state index in [9.17, 15) is 14.4 Å². The molecule has 1 fully saturated rings. The van der Waals surface area contributed by atoms with Gasteiger partial charge in [-0.05, 0) is 56.2 Å². The summed E-state index contributed by atoms with van der Waals surface area (Å²) in [5, 5.41) is 2.75. The summed E-state index contributed by atoms with van der Waals surface area (Å²) in [5.74, 6) is -1.58. The number of rotatable bonds is 4. The number of benzene rings is 2. The fraction of sp³-hybridized carbons (Fsp3) is 0.286. The van der Waals surface area contributed by atoms with Crippen molar-refractivity contribution in [3.63, 3.8) is 0 Å². The zero-order chi connectivity index (χ0) is 19.6. The molecule has 27 heavy (non-hydrogen) atoms. The molecule has 1 aliphatic heterocycles. The molecule has 0 spiro atoms. The molecule has 0 aliphatic carbocycles. The van der Waals surface area contributed by atoms with Gasteiger partial charge in [0, 0.05) is 24.5 Å². The Kier molecular flexibility index (Phi) is 5.26. The standard InChI is InChI=1S/C21H23N3O3/c1-14-4-7-17(8-5-14)22-19(25)13-23-10-11-24(21(27)20(23)26)18-9-6-15(2)16(3)12-18/h4-9,12H,10-11,13H2,1-3H3,(H,22,25).